The highest BCUT2D eigenvalue weighted by Crippen LogP contribution is 2.35. The van der Waals surface area contributed by atoms with E-state index in [0.29, 0.717) is 12.2 Å². The van der Waals surface area contributed by atoms with Gasteiger partial charge in [-0.25, -0.2) is 4.79 Å². The van der Waals surface area contributed by atoms with Crippen LogP contribution in [-0.2, 0) is 11.2 Å². The molecule has 0 saturated heterocycles. The molecule has 1 heterocycles. The molecule has 30 heavy (non-hydrogen) atoms. The minimum Gasteiger partial charge on any atom is -0.462 e. The summed E-state index contributed by atoms with van der Waals surface area (Å²) in [5.74, 6) is -0.228. The van der Waals surface area contributed by atoms with Crippen LogP contribution in [0, 0.1) is 0 Å². The van der Waals surface area contributed by atoms with Crippen molar-refractivity contribution in [3.63, 3.8) is 0 Å². The lowest BCUT2D eigenvalue weighted by Crippen LogP contribution is -2.17. The normalized spacial score (nSPS) is 12.7. The molecule has 1 aliphatic heterocycles. The summed E-state index contributed by atoms with van der Waals surface area (Å²) in [6.07, 6.45) is 0.781. The summed E-state index contributed by atoms with van der Waals surface area (Å²) in [5.41, 5.74) is 7.12. The first-order valence-electron chi connectivity index (χ1n) is 10.1. The number of benzene rings is 4. The quantitative estimate of drug-likeness (QED) is 0.370. The number of hydrogen-bond donors (Lipinski definition) is 0. The molecule has 0 spiro atoms. The van der Waals surface area contributed by atoms with Crippen LogP contribution in [0.3, 0.4) is 0 Å². The Hall–Kier alpha value is -3.85. The van der Waals surface area contributed by atoms with E-state index in [1.165, 1.54) is 0 Å². The maximum atomic E-state index is 12.1. The second-order valence-corrected chi connectivity index (χ2v) is 7.31. The van der Waals surface area contributed by atoms with Crippen LogP contribution in [0.1, 0.15) is 15.9 Å². The van der Waals surface area contributed by atoms with E-state index in [9.17, 15) is 4.79 Å². The Bertz CT molecular complexity index is 1130. The summed E-state index contributed by atoms with van der Waals surface area (Å²) in [5, 5.41) is 0. The molecular formula is C27H21NO2. The number of fused-ring (bicyclic) bond motifs is 1. The maximum Gasteiger partial charge on any atom is 0.338 e. The Kier molecular flexibility index (Phi) is 4.78. The molecule has 0 aromatic heterocycles. The van der Waals surface area contributed by atoms with E-state index < -0.39 is 0 Å². The van der Waals surface area contributed by atoms with E-state index in [1.807, 2.05) is 48.5 Å². The van der Waals surface area contributed by atoms with Gasteiger partial charge in [-0.2, -0.15) is 0 Å². The van der Waals surface area contributed by atoms with Gasteiger partial charge in [0.25, 0.3) is 0 Å². The molecular weight excluding hydrogens is 370 g/mol. The largest absolute Gasteiger partial charge is 0.462 e. The number of anilines is 3. The number of esters is 1. The maximum absolute atomic E-state index is 12.1. The molecule has 0 N–H and O–H groups in total. The Labute approximate surface area is 176 Å². The third-order valence-corrected chi connectivity index (χ3v) is 5.42. The minimum atomic E-state index is -0.228. The van der Waals surface area contributed by atoms with E-state index >= 15 is 0 Å². The number of carbonyl (C=O) groups excluding carboxylic acids is 1. The highest BCUT2D eigenvalue weighted by atomic mass is 16.5. The lowest BCUT2D eigenvalue weighted by molar-refractivity contribution is 0.0480. The zero-order valence-electron chi connectivity index (χ0n) is 16.5. The summed E-state index contributed by atoms with van der Waals surface area (Å²) in [6.45, 7) is 0.467. The first-order valence-corrected chi connectivity index (χ1v) is 10.1. The zero-order valence-corrected chi connectivity index (χ0v) is 16.5. The summed E-state index contributed by atoms with van der Waals surface area (Å²) >= 11 is 0. The van der Waals surface area contributed by atoms with Crippen LogP contribution < -0.4 is 4.90 Å². The number of carbonyl (C=O) groups is 1. The number of rotatable bonds is 4. The number of nitrogens with zero attached hydrogens (tertiary/aromatic N) is 1. The number of para-hydroxylation sites is 2. The topological polar surface area (TPSA) is 29.5 Å². The molecule has 0 atom stereocenters. The van der Waals surface area contributed by atoms with Crippen LogP contribution in [0.2, 0.25) is 0 Å². The van der Waals surface area contributed by atoms with Crippen molar-refractivity contribution >= 4 is 23.0 Å². The fraction of sp³-hybridized carbons (Fsp3) is 0.0741. The fourth-order valence-corrected chi connectivity index (χ4v) is 3.90. The molecule has 3 heteroatoms. The predicted octanol–water partition coefficient (Wildman–Crippen LogP) is 6.54. The first kappa shape index (κ1) is 18.2. The standard InChI is InChI=1S/C27H21NO2/c29-27-26-19-22(12-11-21(26)17-18-30-27)20-13-15-25(16-14-20)28(23-7-3-1-4-8-23)24-9-5-2-6-10-24/h1-16,19H,17-18H2. The molecule has 0 bridgehead atoms. The van der Waals surface area contributed by atoms with Gasteiger partial charge in [0.1, 0.15) is 0 Å². The monoisotopic (exact) mass is 391 g/mol. The molecule has 5 rings (SSSR count). The van der Waals surface area contributed by atoms with Gasteiger partial charge in [0.15, 0.2) is 0 Å². The van der Waals surface area contributed by atoms with Crippen LogP contribution in [0.15, 0.2) is 103 Å². The highest BCUT2D eigenvalue weighted by molar-refractivity contribution is 5.93. The van der Waals surface area contributed by atoms with E-state index in [0.717, 1.165) is 40.2 Å². The second-order valence-electron chi connectivity index (χ2n) is 7.31. The highest BCUT2D eigenvalue weighted by Gasteiger charge is 2.19. The molecule has 4 aromatic carbocycles. The molecule has 0 saturated carbocycles. The summed E-state index contributed by atoms with van der Waals surface area (Å²) < 4.78 is 5.20. The Balaban J connectivity index is 1.52. The average Bonchev–Trinajstić information content (AvgIpc) is 2.81. The molecule has 4 aromatic rings. The van der Waals surface area contributed by atoms with E-state index in [4.69, 9.17) is 4.74 Å². The smallest absolute Gasteiger partial charge is 0.338 e. The lowest BCUT2D eigenvalue weighted by Gasteiger charge is -2.25. The van der Waals surface area contributed by atoms with E-state index in [-0.39, 0.29) is 5.97 Å². The molecule has 0 unspecified atom stereocenters. The third-order valence-electron chi connectivity index (χ3n) is 5.42. The molecule has 0 radical (unpaired) electrons. The van der Waals surface area contributed by atoms with Gasteiger partial charge in [-0.1, -0.05) is 60.7 Å². The molecule has 0 fully saturated rings. The third kappa shape index (κ3) is 3.46. The van der Waals surface area contributed by atoms with Gasteiger partial charge in [0, 0.05) is 23.5 Å². The zero-order chi connectivity index (χ0) is 20.3. The van der Waals surface area contributed by atoms with Gasteiger partial charge in [-0.05, 0) is 59.2 Å². The van der Waals surface area contributed by atoms with Gasteiger partial charge in [-0.15, -0.1) is 0 Å². The number of cyclic esters (lactones) is 1. The SMILES string of the molecule is O=C1OCCc2ccc(-c3ccc(N(c4ccccc4)c4ccccc4)cc3)cc21. The number of ether oxygens (including phenoxy) is 1. The van der Waals surface area contributed by atoms with Crippen LogP contribution in [0.5, 0.6) is 0 Å². The Morgan fingerprint density at radius 3 is 1.83 bits per heavy atom. The molecule has 1 aliphatic rings. The van der Waals surface area contributed by atoms with Gasteiger partial charge in [0.2, 0.25) is 0 Å². The summed E-state index contributed by atoms with van der Waals surface area (Å²) in [7, 11) is 0. The van der Waals surface area contributed by atoms with Gasteiger partial charge >= 0.3 is 5.97 Å². The molecule has 0 aliphatic carbocycles. The van der Waals surface area contributed by atoms with Crippen LogP contribution >= 0.6 is 0 Å². The van der Waals surface area contributed by atoms with Crippen molar-refractivity contribution in [1.29, 1.82) is 0 Å². The van der Waals surface area contributed by atoms with E-state index in [2.05, 4.69) is 59.5 Å². The predicted molar refractivity (Wildman–Crippen MR) is 121 cm³/mol. The minimum absolute atomic E-state index is 0.228. The van der Waals surface area contributed by atoms with Crippen molar-refractivity contribution < 1.29 is 9.53 Å². The Morgan fingerprint density at radius 2 is 1.20 bits per heavy atom. The van der Waals surface area contributed by atoms with Crippen LogP contribution in [0.25, 0.3) is 11.1 Å². The van der Waals surface area contributed by atoms with Crippen molar-refractivity contribution in [3.8, 4) is 11.1 Å². The van der Waals surface area contributed by atoms with Gasteiger partial charge in [-0.3, -0.25) is 0 Å². The molecule has 0 amide bonds. The van der Waals surface area contributed by atoms with Crippen molar-refractivity contribution in [2.24, 2.45) is 0 Å². The lowest BCUT2D eigenvalue weighted by atomic mass is 9.96. The first-order chi connectivity index (χ1) is 14.8. The van der Waals surface area contributed by atoms with Crippen LogP contribution in [0.4, 0.5) is 17.1 Å². The van der Waals surface area contributed by atoms with Crippen molar-refractivity contribution in [2.45, 2.75) is 6.42 Å². The fourth-order valence-electron chi connectivity index (χ4n) is 3.90. The van der Waals surface area contributed by atoms with Gasteiger partial charge in [0.05, 0.1) is 12.2 Å². The van der Waals surface area contributed by atoms with Crippen LogP contribution in [-0.4, -0.2) is 12.6 Å². The van der Waals surface area contributed by atoms with Crippen molar-refractivity contribution in [2.75, 3.05) is 11.5 Å². The Morgan fingerprint density at radius 1 is 0.633 bits per heavy atom. The summed E-state index contributed by atoms with van der Waals surface area (Å²) in [6, 6.07) is 35.2. The van der Waals surface area contributed by atoms with E-state index in [1.54, 1.807) is 0 Å². The average molecular weight is 391 g/mol. The summed E-state index contributed by atoms with van der Waals surface area (Å²) in [4.78, 5) is 14.3. The van der Waals surface area contributed by atoms with Gasteiger partial charge < -0.3 is 9.64 Å². The van der Waals surface area contributed by atoms with Crippen molar-refractivity contribution in [1.82, 2.24) is 0 Å². The second kappa shape index (κ2) is 7.88. The number of hydrogen-bond acceptors (Lipinski definition) is 3. The molecule has 3 nitrogen and oxygen atoms in total. The molecule has 146 valence electrons. The van der Waals surface area contributed by atoms with Crippen molar-refractivity contribution in [3.05, 3.63) is 114 Å².